The van der Waals surface area contributed by atoms with Gasteiger partial charge in [-0.05, 0) is 69.9 Å². The minimum Gasteiger partial charge on any atom is -0.476 e. The Morgan fingerprint density at radius 3 is 2.45 bits per heavy atom. The second-order valence-corrected chi connectivity index (χ2v) is 10.4. The molecule has 1 aromatic carbocycles. The first kappa shape index (κ1) is 26.2. The third-order valence-corrected chi connectivity index (χ3v) is 7.11. The van der Waals surface area contributed by atoms with Crippen LogP contribution in [0.2, 0.25) is 5.02 Å². The summed E-state index contributed by atoms with van der Waals surface area (Å²) < 4.78 is 61.7. The van der Waals surface area contributed by atoms with E-state index in [0.29, 0.717) is 24.2 Å². The summed E-state index contributed by atoms with van der Waals surface area (Å²) >= 11 is 6.05. The van der Waals surface area contributed by atoms with E-state index in [2.05, 4.69) is 29.9 Å². The van der Waals surface area contributed by atoms with Crippen LogP contribution in [0.4, 0.5) is 23.4 Å². The summed E-state index contributed by atoms with van der Waals surface area (Å²) in [5.74, 6) is -1.49. The van der Waals surface area contributed by atoms with E-state index in [1.165, 1.54) is 18.3 Å². The molecule has 2 aromatic heterocycles. The van der Waals surface area contributed by atoms with Crippen LogP contribution in [-0.2, 0) is 11.0 Å². The topological polar surface area (TPSA) is 93.4 Å². The van der Waals surface area contributed by atoms with Gasteiger partial charge in [-0.1, -0.05) is 16.8 Å². The molecule has 2 fully saturated rings. The number of halogens is 5. The fraction of sp³-hybridized carbons (Fsp3) is 0.440. The molecular weight excluding hydrogens is 530 g/mol. The molecule has 4 heterocycles. The molecule has 5 rings (SSSR count). The number of carbonyl (C=O) groups is 1. The lowest BCUT2D eigenvalue weighted by Gasteiger charge is -2.40. The molecule has 2 unspecified atom stereocenters. The van der Waals surface area contributed by atoms with Gasteiger partial charge in [-0.3, -0.25) is 4.79 Å². The molecule has 2 aliphatic rings. The average molecular weight is 554 g/mol. The number of pyridine rings is 1. The number of benzene rings is 1. The zero-order chi connectivity index (χ0) is 27.2. The first-order chi connectivity index (χ1) is 17.9. The number of ether oxygens (including phenoxy) is 1. The zero-order valence-electron chi connectivity index (χ0n) is 20.4. The number of aromatic nitrogens is 3. The lowest BCUT2D eigenvalue weighted by atomic mass is 9.96. The Bertz CT molecular complexity index is 1320. The molecule has 2 atom stereocenters. The molecule has 8 nitrogen and oxygen atoms in total. The Morgan fingerprint density at radius 1 is 1.16 bits per heavy atom. The Morgan fingerprint density at radius 2 is 1.87 bits per heavy atom. The van der Waals surface area contributed by atoms with E-state index in [1.807, 2.05) is 0 Å². The van der Waals surface area contributed by atoms with Crippen molar-refractivity contribution in [2.75, 3.05) is 4.90 Å². The summed E-state index contributed by atoms with van der Waals surface area (Å²) in [4.78, 5) is 23.1. The predicted octanol–water partition coefficient (Wildman–Crippen LogP) is 5.42. The van der Waals surface area contributed by atoms with E-state index >= 15 is 0 Å². The van der Waals surface area contributed by atoms with Crippen molar-refractivity contribution in [3.05, 3.63) is 53.3 Å². The second kappa shape index (κ2) is 9.72. The van der Waals surface area contributed by atoms with Gasteiger partial charge in [0.05, 0.1) is 5.02 Å². The van der Waals surface area contributed by atoms with E-state index in [0.717, 1.165) is 18.9 Å². The Labute approximate surface area is 220 Å². The van der Waals surface area contributed by atoms with Gasteiger partial charge in [0.1, 0.15) is 17.4 Å². The van der Waals surface area contributed by atoms with Crippen molar-refractivity contribution in [1.29, 1.82) is 0 Å². The van der Waals surface area contributed by atoms with Crippen molar-refractivity contribution in [2.45, 2.75) is 69.4 Å². The smallest absolute Gasteiger partial charge is 0.471 e. The zero-order valence-corrected chi connectivity index (χ0v) is 21.2. The summed E-state index contributed by atoms with van der Waals surface area (Å²) in [6.07, 6.45) is -0.0602. The molecule has 0 radical (unpaired) electrons. The van der Waals surface area contributed by atoms with Gasteiger partial charge in [-0.25, -0.2) is 9.37 Å². The number of nitrogens with zero attached hydrogens (tertiary/aromatic N) is 4. The van der Waals surface area contributed by atoms with E-state index in [9.17, 15) is 22.4 Å². The molecule has 1 N–H and O–H groups in total. The van der Waals surface area contributed by atoms with Crippen molar-refractivity contribution in [3.63, 3.8) is 0 Å². The van der Waals surface area contributed by atoms with E-state index in [-0.39, 0.29) is 40.6 Å². The Balaban J connectivity index is 1.22. The van der Waals surface area contributed by atoms with Crippen LogP contribution in [0.25, 0.3) is 11.4 Å². The number of alkyl halides is 3. The number of carbonyl (C=O) groups excluding carboxylic acids is 1. The highest BCUT2D eigenvalue weighted by Gasteiger charge is 2.43. The van der Waals surface area contributed by atoms with E-state index in [4.69, 9.17) is 16.3 Å². The average Bonchev–Trinajstić information content (AvgIpc) is 3.44. The van der Waals surface area contributed by atoms with Crippen LogP contribution < -0.4 is 15.0 Å². The first-order valence-corrected chi connectivity index (χ1v) is 12.4. The number of hydrogen-bond acceptors (Lipinski definition) is 7. The summed E-state index contributed by atoms with van der Waals surface area (Å²) in [6.45, 7) is 3.25. The SMILES string of the molecule is CC(C)(Oc1ccc(F)cc1Cl)C(=O)NC1CC2CCC(C1)N2c1ccc(-c2noc(C(F)(F)F)n2)cn1. The fourth-order valence-corrected chi connectivity index (χ4v) is 5.24. The normalized spacial score (nSPS) is 21.4. The van der Waals surface area contributed by atoms with Gasteiger partial charge in [0.2, 0.25) is 5.82 Å². The summed E-state index contributed by atoms with van der Waals surface area (Å²) in [5.41, 5.74) is -0.929. The summed E-state index contributed by atoms with van der Waals surface area (Å²) in [6, 6.07) is 7.25. The van der Waals surface area contributed by atoms with Gasteiger partial charge in [-0.2, -0.15) is 18.2 Å². The minimum absolute atomic E-state index is 0.0795. The largest absolute Gasteiger partial charge is 0.476 e. The molecule has 3 aromatic rings. The third kappa shape index (κ3) is 5.27. The molecule has 2 aliphatic heterocycles. The van der Waals surface area contributed by atoms with Gasteiger partial charge < -0.3 is 19.5 Å². The van der Waals surface area contributed by atoms with Crippen LogP contribution in [0.5, 0.6) is 5.75 Å². The maximum atomic E-state index is 13.3. The lowest BCUT2D eigenvalue weighted by Crippen LogP contribution is -2.55. The number of fused-ring (bicyclic) bond motifs is 2. The standard InChI is InChI=1S/C25H24ClF4N5O3/c1-24(2,37-19-7-4-14(27)9-18(19)26)22(36)32-15-10-16-5-6-17(11-15)35(16)20-8-3-13(12-31-20)21-33-23(38-34-21)25(28,29)30/h3-4,7-9,12,15-17H,5-6,10-11H2,1-2H3,(H,32,36). The van der Waals surface area contributed by atoms with Crippen LogP contribution >= 0.6 is 11.6 Å². The van der Waals surface area contributed by atoms with Crippen molar-refractivity contribution in [1.82, 2.24) is 20.4 Å². The molecule has 202 valence electrons. The van der Waals surface area contributed by atoms with E-state index in [1.54, 1.807) is 26.0 Å². The van der Waals surface area contributed by atoms with Gasteiger partial charge in [0, 0.05) is 29.9 Å². The van der Waals surface area contributed by atoms with E-state index < -0.39 is 23.5 Å². The summed E-state index contributed by atoms with van der Waals surface area (Å²) in [5, 5.41) is 6.56. The second-order valence-electron chi connectivity index (χ2n) is 9.95. The Hall–Kier alpha value is -3.41. The number of piperidine rings is 1. The highest BCUT2D eigenvalue weighted by molar-refractivity contribution is 6.32. The van der Waals surface area contributed by atoms with Crippen LogP contribution in [0, 0.1) is 5.82 Å². The van der Waals surface area contributed by atoms with Gasteiger partial charge in [-0.15, -0.1) is 0 Å². The third-order valence-electron chi connectivity index (χ3n) is 6.81. The molecule has 2 saturated heterocycles. The van der Waals surface area contributed by atoms with Crippen molar-refractivity contribution in [3.8, 4) is 17.1 Å². The molecule has 13 heteroatoms. The molecule has 0 aliphatic carbocycles. The maximum absolute atomic E-state index is 13.3. The number of rotatable bonds is 6. The highest BCUT2D eigenvalue weighted by atomic mass is 35.5. The molecule has 2 bridgehead atoms. The molecule has 1 amide bonds. The van der Waals surface area contributed by atoms with Crippen molar-refractivity contribution >= 4 is 23.3 Å². The van der Waals surface area contributed by atoms with Gasteiger partial charge in [0.25, 0.3) is 5.91 Å². The lowest BCUT2D eigenvalue weighted by molar-refractivity contribution is -0.159. The fourth-order valence-electron chi connectivity index (χ4n) is 5.03. The van der Waals surface area contributed by atoms with Crippen LogP contribution in [0.1, 0.15) is 45.4 Å². The Kier molecular flexibility index (Phi) is 6.70. The number of nitrogens with one attached hydrogen (secondary N) is 1. The highest BCUT2D eigenvalue weighted by Crippen LogP contribution is 2.39. The first-order valence-electron chi connectivity index (χ1n) is 12.0. The predicted molar refractivity (Wildman–Crippen MR) is 129 cm³/mol. The van der Waals surface area contributed by atoms with Crippen molar-refractivity contribution in [2.24, 2.45) is 0 Å². The number of anilines is 1. The number of hydrogen-bond donors (Lipinski definition) is 1. The summed E-state index contributed by atoms with van der Waals surface area (Å²) in [7, 11) is 0. The maximum Gasteiger partial charge on any atom is 0.471 e. The van der Waals surface area contributed by atoms with Crippen LogP contribution in [0.15, 0.2) is 41.1 Å². The monoisotopic (exact) mass is 553 g/mol. The molecule has 0 spiro atoms. The quantitative estimate of drug-likeness (QED) is 0.408. The molecule has 0 saturated carbocycles. The van der Waals surface area contributed by atoms with Gasteiger partial charge in [0.15, 0.2) is 5.60 Å². The number of amides is 1. The van der Waals surface area contributed by atoms with Crippen LogP contribution in [-0.4, -0.2) is 44.8 Å². The minimum atomic E-state index is -4.72. The molecule has 38 heavy (non-hydrogen) atoms. The molecular formula is C25H24ClF4N5O3. The van der Waals surface area contributed by atoms with Crippen LogP contribution in [0.3, 0.4) is 0 Å². The van der Waals surface area contributed by atoms with Gasteiger partial charge >= 0.3 is 12.1 Å². The van der Waals surface area contributed by atoms with Crippen molar-refractivity contribution < 1.29 is 31.6 Å².